The minimum Gasteiger partial charge on any atom is -0.497 e. The molecule has 4 rings (SSSR count). The molecule has 0 aliphatic carbocycles. The summed E-state index contributed by atoms with van der Waals surface area (Å²) in [5.41, 5.74) is 2.73. The topological polar surface area (TPSA) is 57.8 Å². The highest BCUT2D eigenvalue weighted by molar-refractivity contribution is 5.45. The van der Waals surface area contributed by atoms with E-state index in [2.05, 4.69) is 18.1 Å². The Morgan fingerprint density at radius 2 is 1.96 bits per heavy atom. The van der Waals surface area contributed by atoms with Crippen LogP contribution in [-0.2, 0) is 17.7 Å². The summed E-state index contributed by atoms with van der Waals surface area (Å²) in [6.07, 6.45) is 6.49. The molecule has 1 saturated heterocycles. The van der Waals surface area contributed by atoms with Crippen molar-refractivity contribution in [3.8, 4) is 5.75 Å². The van der Waals surface area contributed by atoms with Crippen molar-refractivity contribution in [2.45, 2.75) is 38.6 Å². The fraction of sp³-hybridized carbons (Fsp3) is 0.429. The van der Waals surface area contributed by atoms with E-state index in [4.69, 9.17) is 9.47 Å². The van der Waals surface area contributed by atoms with Gasteiger partial charge in [-0.3, -0.25) is 9.20 Å². The van der Waals surface area contributed by atoms with E-state index in [0.29, 0.717) is 18.0 Å². The van der Waals surface area contributed by atoms with Crippen molar-refractivity contribution in [3.05, 3.63) is 64.1 Å². The highest BCUT2D eigenvalue weighted by Crippen LogP contribution is 2.26. The molecule has 6 nitrogen and oxygen atoms in total. The fourth-order valence-corrected chi connectivity index (χ4v) is 3.78. The highest BCUT2D eigenvalue weighted by Gasteiger charge is 2.22. The van der Waals surface area contributed by atoms with Crippen molar-refractivity contribution in [2.75, 3.05) is 20.3 Å². The van der Waals surface area contributed by atoms with E-state index in [9.17, 15) is 4.79 Å². The van der Waals surface area contributed by atoms with Crippen molar-refractivity contribution in [1.29, 1.82) is 0 Å². The monoisotopic (exact) mass is 367 g/mol. The summed E-state index contributed by atoms with van der Waals surface area (Å²) in [5, 5.41) is 0. The molecule has 3 heterocycles. The van der Waals surface area contributed by atoms with E-state index in [1.54, 1.807) is 13.3 Å². The van der Waals surface area contributed by atoms with Gasteiger partial charge in [-0.15, -0.1) is 0 Å². The van der Waals surface area contributed by atoms with Crippen molar-refractivity contribution in [2.24, 2.45) is 0 Å². The Morgan fingerprint density at radius 1 is 1.22 bits per heavy atom. The van der Waals surface area contributed by atoms with Crippen LogP contribution in [0.4, 0.5) is 0 Å². The van der Waals surface area contributed by atoms with Gasteiger partial charge in [0, 0.05) is 31.0 Å². The van der Waals surface area contributed by atoms with Gasteiger partial charge in [-0.05, 0) is 37.0 Å². The smallest absolute Gasteiger partial charge is 0.277 e. The van der Waals surface area contributed by atoms with Crippen LogP contribution in [0.2, 0.25) is 0 Å². The Morgan fingerprint density at radius 3 is 2.63 bits per heavy atom. The van der Waals surface area contributed by atoms with Crippen molar-refractivity contribution in [1.82, 2.24) is 14.0 Å². The van der Waals surface area contributed by atoms with Crippen molar-refractivity contribution in [3.63, 3.8) is 0 Å². The molecular formula is C21H25N3O3. The number of fused-ring (bicyclic) bond motifs is 1. The van der Waals surface area contributed by atoms with Crippen LogP contribution in [-0.4, -0.2) is 34.3 Å². The van der Waals surface area contributed by atoms with E-state index in [0.717, 1.165) is 55.3 Å². The fourth-order valence-electron chi connectivity index (χ4n) is 3.78. The molecule has 0 atom stereocenters. The first kappa shape index (κ1) is 17.8. The molecule has 1 aliphatic heterocycles. The zero-order valence-electron chi connectivity index (χ0n) is 15.9. The SMILES string of the molecule is CCc1cn2c(C3CCOCC3)ncc2c(=O)n1Cc1ccc(OC)cc1. The largest absolute Gasteiger partial charge is 0.497 e. The molecule has 1 fully saturated rings. The molecule has 3 aromatic rings. The van der Waals surface area contributed by atoms with Crippen LogP contribution in [0.15, 0.2) is 41.5 Å². The van der Waals surface area contributed by atoms with E-state index >= 15 is 0 Å². The third-order valence-corrected chi connectivity index (χ3v) is 5.36. The average molecular weight is 367 g/mol. The maximum Gasteiger partial charge on any atom is 0.277 e. The molecule has 0 amide bonds. The summed E-state index contributed by atoms with van der Waals surface area (Å²) < 4.78 is 14.5. The number of imidazole rings is 1. The summed E-state index contributed by atoms with van der Waals surface area (Å²) in [6.45, 7) is 4.14. The lowest BCUT2D eigenvalue weighted by Crippen LogP contribution is -2.26. The van der Waals surface area contributed by atoms with Crippen LogP contribution in [0.3, 0.4) is 0 Å². The van der Waals surface area contributed by atoms with Gasteiger partial charge in [0.1, 0.15) is 17.1 Å². The highest BCUT2D eigenvalue weighted by atomic mass is 16.5. The Labute approximate surface area is 158 Å². The second-order valence-electron chi connectivity index (χ2n) is 6.97. The van der Waals surface area contributed by atoms with E-state index in [-0.39, 0.29) is 5.56 Å². The van der Waals surface area contributed by atoms with Gasteiger partial charge in [-0.2, -0.15) is 0 Å². The van der Waals surface area contributed by atoms with Gasteiger partial charge >= 0.3 is 0 Å². The zero-order valence-corrected chi connectivity index (χ0v) is 15.9. The Hall–Kier alpha value is -2.60. The van der Waals surface area contributed by atoms with Gasteiger partial charge in [-0.1, -0.05) is 19.1 Å². The lowest BCUT2D eigenvalue weighted by Gasteiger charge is -2.21. The van der Waals surface area contributed by atoms with Crippen LogP contribution in [0, 0.1) is 0 Å². The van der Waals surface area contributed by atoms with Crippen molar-refractivity contribution < 1.29 is 9.47 Å². The molecule has 2 aromatic heterocycles. The molecular weight excluding hydrogens is 342 g/mol. The predicted molar refractivity (Wildman–Crippen MR) is 104 cm³/mol. The first-order valence-corrected chi connectivity index (χ1v) is 9.51. The van der Waals surface area contributed by atoms with Gasteiger partial charge < -0.3 is 14.0 Å². The Kier molecular flexibility index (Phi) is 4.99. The standard InChI is InChI=1S/C21H25N3O3/c1-3-17-14-24-19(12-22-20(24)16-8-10-27-11-9-16)21(25)23(17)13-15-4-6-18(26-2)7-5-15/h4-7,12,14,16H,3,8-11,13H2,1-2H3. The molecule has 142 valence electrons. The molecule has 1 aromatic carbocycles. The van der Waals surface area contributed by atoms with Gasteiger partial charge in [0.25, 0.3) is 5.56 Å². The lowest BCUT2D eigenvalue weighted by atomic mass is 9.99. The molecule has 0 radical (unpaired) electrons. The first-order valence-electron chi connectivity index (χ1n) is 9.51. The van der Waals surface area contributed by atoms with Crippen LogP contribution in [0.25, 0.3) is 5.52 Å². The summed E-state index contributed by atoms with van der Waals surface area (Å²) in [4.78, 5) is 17.8. The minimum atomic E-state index is 0.0102. The van der Waals surface area contributed by atoms with Crippen LogP contribution < -0.4 is 10.3 Å². The van der Waals surface area contributed by atoms with Crippen LogP contribution in [0.1, 0.15) is 42.8 Å². The van der Waals surface area contributed by atoms with Gasteiger partial charge in [0.05, 0.1) is 19.9 Å². The number of rotatable bonds is 5. The summed E-state index contributed by atoms with van der Waals surface area (Å²) in [5.74, 6) is 2.15. The predicted octanol–water partition coefficient (Wildman–Crippen LogP) is 3.01. The molecule has 6 heteroatoms. The molecule has 27 heavy (non-hydrogen) atoms. The molecule has 0 bridgehead atoms. The average Bonchev–Trinajstić information content (AvgIpc) is 3.15. The third kappa shape index (κ3) is 3.37. The normalized spacial score (nSPS) is 15.3. The number of hydrogen-bond acceptors (Lipinski definition) is 4. The maximum atomic E-state index is 13.2. The van der Waals surface area contributed by atoms with E-state index in [1.807, 2.05) is 33.2 Å². The number of aromatic nitrogens is 3. The number of benzene rings is 1. The zero-order chi connectivity index (χ0) is 18.8. The Bertz CT molecular complexity index is 982. The molecule has 0 N–H and O–H groups in total. The van der Waals surface area contributed by atoms with E-state index in [1.165, 1.54) is 0 Å². The number of hydrogen-bond donors (Lipinski definition) is 0. The summed E-state index contributed by atoms with van der Waals surface area (Å²) in [7, 11) is 1.65. The molecule has 0 unspecified atom stereocenters. The van der Waals surface area contributed by atoms with Crippen LogP contribution in [0.5, 0.6) is 5.75 Å². The molecule has 0 spiro atoms. The molecule has 1 aliphatic rings. The quantitative estimate of drug-likeness (QED) is 0.696. The maximum absolute atomic E-state index is 13.2. The lowest BCUT2D eigenvalue weighted by molar-refractivity contribution is 0.0835. The molecule has 0 saturated carbocycles. The number of ether oxygens (including phenoxy) is 2. The second kappa shape index (κ2) is 7.56. The first-order chi connectivity index (χ1) is 13.2. The van der Waals surface area contributed by atoms with Gasteiger partial charge in [-0.25, -0.2) is 4.98 Å². The van der Waals surface area contributed by atoms with Crippen LogP contribution >= 0.6 is 0 Å². The third-order valence-electron chi connectivity index (χ3n) is 5.36. The van der Waals surface area contributed by atoms with Gasteiger partial charge in [0.15, 0.2) is 0 Å². The number of methoxy groups -OCH3 is 1. The summed E-state index contributed by atoms with van der Waals surface area (Å²) >= 11 is 0. The summed E-state index contributed by atoms with van der Waals surface area (Å²) in [6, 6.07) is 7.84. The van der Waals surface area contributed by atoms with Crippen molar-refractivity contribution >= 4 is 5.52 Å². The Balaban J connectivity index is 1.74. The minimum absolute atomic E-state index is 0.0102. The number of aryl methyl sites for hydroxylation is 1. The van der Waals surface area contributed by atoms with Gasteiger partial charge in [0.2, 0.25) is 0 Å². The number of nitrogens with zero attached hydrogens (tertiary/aromatic N) is 3. The second-order valence-corrected chi connectivity index (χ2v) is 6.97. The van der Waals surface area contributed by atoms with E-state index < -0.39 is 0 Å².